The van der Waals surface area contributed by atoms with Gasteiger partial charge in [0, 0.05) is 25.4 Å². The van der Waals surface area contributed by atoms with Crippen LogP contribution >= 0.6 is 11.6 Å². The van der Waals surface area contributed by atoms with Crippen molar-refractivity contribution in [2.24, 2.45) is 0 Å². The Labute approximate surface area is 78.5 Å². The summed E-state index contributed by atoms with van der Waals surface area (Å²) < 4.78 is 0. The zero-order valence-electron chi connectivity index (χ0n) is 7.33. The van der Waals surface area contributed by atoms with E-state index >= 15 is 0 Å². The zero-order chi connectivity index (χ0) is 9.40. The van der Waals surface area contributed by atoms with Gasteiger partial charge in [-0.3, -0.25) is 4.90 Å². The molecule has 0 amide bonds. The summed E-state index contributed by atoms with van der Waals surface area (Å²) in [6.45, 7) is 4.11. The molecule has 70 valence electrons. The van der Waals surface area contributed by atoms with E-state index in [9.17, 15) is 5.11 Å². The van der Waals surface area contributed by atoms with Crippen LogP contribution in [0, 0.1) is 11.3 Å². The molecule has 0 aromatic rings. The van der Waals surface area contributed by atoms with E-state index in [1.165, 1.54) is 0 Å². The normalized spacial score (nSPS) is 12.9. The maximum atomic E-state index is 9.20. The van der Waals surface area contributed by atoms with Crippen LogP contribution < -0.4 is 0 Å². The zero-order valence-corrected chi connectivity index (χ0v) is 8.09. The summed E-state index contributed by atoms with van der Waals surface area (Å²) in [4.78, 5) is 2.01. The number of rotatable bonds is 6. The highest BCUT2D eigenvalue weighted by atomic mass is 35.5. The maximum absolute atomic E-state index is 9.20. The van der Waals surface area contributed by atoms with Gasteiger partial charge in [-0.15, -0.1) is 11.6 Å². The number of aliphatic hydroxyl groups excluding tert-OH is 1. The topological polar surface area (TPSA) is 47.3 Å². The van der Waals surface area contributed by atoms with E-state index in [1.54, 1.807) is 0 Å². The highest BCUT2D eigenvalue weighted by molar-refractivity contribution is 6.18. The van der Waals surface area contributed by atoms with E-state index < -0.39 is 6.10 Å². The average molecular weight is 191 g/mol. The molecule has 0 spiro atoms. The summed E-state index contributed by atoms with van der Waals surface area (Å²) in [5, 5.41) is 17.5. The molecule has 0 aromatic carbocycles. The number of hydrogen-bond donors (Lipinski definition) is 1. The van der Waals surface area contributed by atoms with Gasteiger partial charge in [0.05, 0.1) is 12.2 Å². The first-order valence-electron chi connectivity index (χ1n) is 4.07. The van der Waals surface area contributed by atoms with Gasteiger partial charge in [0.1, 0.15) is 0 Å². The van der Waals surface area contributed by atoms with Gasteiger partial charge in [-0.05, 0) is 6.54 Å². The Balaban J connectivity index is 3.60. The maximum Gasteiger partial charge on any atom is 0.0802 e. The molecule has 0 heterocycles. The van der Waals surface area contributed by atoms with Gasteiger partial charge in [-0.25, -0.2) is 0 Å². The number of nitriles is 1. The van der Waals surface area contributed by atoms with Crippen molar-refractivity contribution in [2.45, 2.75) is 19.4 Å². The summed E-state index contributed by atoms with van der Waals surface area (Å²) >= 11 is 5.45. The van der Waals surface area contributed by atoms with Crippen molar-refractivity contribution in [1.82, 2.24) is 4.90 Å². The van der Waals surface area contributed by atoms with Crippen molar-refractivity contribution in [3.63, 3.8) is 0 Å². The monoisotopic (exact) mass is 190 g/mol. The van der Waals surface area contributed by atoms with Gasteiger partial charge in [0.25, 0.3) is 0 Å². The lowest BCUT2D eigenvalue weighted by atomic mass is 10.3. The van der Waals surface area contributed by atoms with Crippen LogP contribution in [-0.4, -0.2) is 41.6 Å². The van der Waals surface area contributed by atoms with E-state index in [1.807, 2.05) is 11.8 Å². The van der Waals surface area contributed by atoms with Gasteiger partial charge in [0.15, 0.2) is 0 Å². The van der Waals surface area contributed by atoms with Crippen molar-refractivity contribution in [2.75, 3.05) is 25.5 Å². The number of halogens is 1. The van der Waals surface area contributed by atoms with Crippen molar-refractivity contribution in [3.8, 4) is 6.07 Å². The Hall–Kier alpha value is -0.300. The predicted octanol–water partition coefficient (Wildman–Crippen LogP) is 0.822. The van der Waals surface area contributed by atoms with Gasteiger partial charge in [0.2, 0.25) is 0 Å². The van der Waals surface area contributed by atoms with Crippen LogP contribution in [0.5, 0.6) is 0 Å². The minimum Gasteiger partial charge on any atom is -0.391 e. The third-order valence-electron chi connectivity index (χ3n) is 1.63. The van der Waals surface area contributed by atoms with Crippen molar-refractivity contribution >= 4 is 11.6 Å². The van der Waals surface area contributed by atoms with Gasteiger partial charge < -0.3 is 5.11 Å². The van der Waals surface area contributed by atoms with Crippen LogP contribution in [0.3, 0.4) is 0 Å². The van der Waals surface area contributed by atoms with Crippen LogP contribution in [0.4, 0.5) is 0 Å². The summed E-state index contributed by atoms with van der Waals surface area (Å²) in [6.07, 6.45) is 0.0216. The lowest BCUT2D eigenvalue weighted by molar-refractivity contribution is 0.133. The van der Waals surface area contributed by atoms with Crippen molar-refractivity contribution in [1.29, 1.82) is 5.26 Å². The molecule has 0 aliphatic heterocycles. The fraction of sp³-hybridized carbons (Fsp3) is 0.875. The van der Waals surface area contributed by atoms with Gasteiger partial charge >= 0.3 is 0 Å². The Morgan fingerprint density at radius 2 is 2.33 bits per heavy atom. The van der Waals surface area contributed by atoms with Crippen LogP contribution in [-0.2, 0) is 0 Å². The van der Waals surface area contributed by atoms with Crippen LogP contribution in [0.15, 0.2) is 0 Å². The second kappa shape index (κ2) is 7.35. The molecule has 0 bridgehead atoms. The van der Waals surface area contributed by atoms with Crippen LogP contribution in [0.25, 0.3) is 0 Å². The average Bonchev–Trinajstić information content (AvgIpc) is 2.11. The minimum absolute atomic E-state index is 0.253. The lowest BCUT2D eigenvalue weighted by Gasteiger charge is -2.20. The number of hydrogen-bond acceptors (Lipinski definition) is 3. The number of likely N-dealkylation sites (N-methyl/N-ethyl adjacent to an activating group) is 1. The molecule has 0 rings (SSSR count). The van der Waals surface area contributed by atoms with E-state index in [0.717, 1.165) is 6.54 Å². The molecule has 1 unspecified atom stereocenters. The van der Waals surface area contributed by atoms with E-state index in [0.29, 0.717) is 19.5 Å². The molecule has 3 nitrogen and oxygen atoms in total. The first kappa shape index (κ1) is 11.7. The fourth-order valence-electron chi connectivity index (χ4n) is 0.933. The number of alkyl halides is 1. The molecular weight excluding hydrogens is 176 g/mol. The number of nitrogens with zero attached hydrogens (tertiary/aromatic N) is 2. The molecule has 0 aliphatic rings. The smallest absolute Gasteiger partial charge is 0.0802 e. The molecular formula is C8H15ClN2O. The lowest BCUT2D eigenvalue weighted by Crippen LogP contribution is -2.33. The molecule has 12 heavy (non-hydrogen) atoms. The van der Waals surface area contributed by atoms with Crippen molar-refractivity contribution < 1.29 is 5.11 Å². The Kier molecular flexibility index (Phi) is 7.17. The van der Waals surface area contributed by atoms with Crippen LogP contribution in [0.1, 0.15) is 13.3 Å². The van der Waals surface area contributed by atoms with Gasteiger partial charge in [-0.2, -0.15) is 5.26 Å². The summed E-state index contributed by atoms with van der Waals surface area (Å²) in [5.41, 5.74) is 0. The molecule has 0 fully saturated rings. The predicted molar refractivity (Wildman–Crippen MR) is 49.1 cm³/mol. The third kappa shape index (κ3) is 5.36. The van der Waals surface area contributed by atoms with Gasteiger partial charge in [-0.1, -0.05) is 6.92 Å². The van der Waals surface area contributed by atoms with E-state index in [-0.39, 0.29) is 5.88 Å². The summed E-state index contributed by atoms with van der Waals surface area (Å²) in [5.74, 6) is 0.253. The Morgan fingerprint density at radius 1 is 1.67 bits per heavy atom. The molecule has 1 atom stereocenters. The second-order valence-electron chi connectivity index (χ2n) is 2.61. The van der Waals surface area contributed by atoms with Crippen molar-refractivity contribution in [3.05, 3.63) is 0 Å². The first-order valence-corrected chi connectivity index (χ1v) is 4.61. The highest BCUT2D eigenvalue weighted by Gasteiger charge is 2.07. The van der Waals surface area contributed by atoms with E-state index in [4.69, 9.17) is 16.9 Å². The molecule has 0 saturated heterocycles. The molecule has 0 saturated carbocycles. The Morgan fingerprint density at radius 3 is 2.75 bits per heavy atom. The quantitative estimate of drug-likeness (QED) is 0.631. The molecule has 1 N–H and O–H groups in total. The highest BCUT2D eigenvalue weighted by Crippen LogP contribution is 1.95. The molecule has 0 aliphatic carbocycles. The second-order valence-corrected chi connectivity index (χ2v) is 2.92. The largest absolute Gasteiger partial charge is 0.391 e. The first-order chi connectivity index (χ1) is 5.74. The molecule has 0 radical (unpaired) electrons. The van der Waals surface area contributed by atoms with Crippen LogP contribution in [0.2, 0.25) is 0 Å². The third-order valence-corrected chi connectivity index (χ3v) is 1.99. The SMILES string of the molecule is CCN(CCC#N)CC(O)CCl. The van der Waals surface area contributed by atoms with E-state index in [2.05, 4.69) is 6.07 Å². The fourth-order valence-corrected chi connectivity index (χ4v) is 1.03. The molecule has 0 aromatic heterocycles. The molecule has 4 heteroatoms. The Bertz CT molecular complexity index is 146. The summed E-state index contributed by atoms with van der Waals surface area (Å²) in [7, 11) is 0. The number of aliphatic hydroxyl groups is 1. The summed E-state index contributed by atoms with van der Waals surface area (Å²) in [6, 6.07) is 2.07. The minimum atomic E-state index is -0.481. The standard InChI is InChI=1S/C8H15ClN2O/c1-2-11(5-3-4-10)7-8(12)6-9/h8,12H,2-3,5-7H2,1H3.